The number of fused-ring (bicyclic) bond motifs is 1. The molecule has 128 valence electrons. The van der Waals surface area contributed by atoms with Crippen LogP contribution in [-0.2, 0) is 11.2 Å². The summed E-state index contributed by atoms with van der Waals surface area (Å²) in [7, 11) is 0. The number of aryl methyl sites for hydroxylation is 1. The maximum atomic E-state index is 12.1. The van der Waals surface area contributed by atoms with Crippen LogP contribution in [0.15, 0.2) is 53.3 Å². The number of rotatable bonds is 5. The summed E-state index contributed by atoms with van der Waals surface area (Å²) in [5.74, 6) is 0.877. The lowest BCUT2D eigenvalue weighted by molar-refractivity contribution is -0.116. The Morgan fingerprint density at radius 2 is 1.84 bits per heavy atom. The minimum absolute atomic E-state index is 0.104. The molecular weight excluding hydrogens is 314 g/mol. The van der Waals surface area contributed by atoms with E-state index >= 15 is 0 Å². The van der Waals surface area contributed by atoms with E-state index in [0.717, 1.165) is 5.69 Å². The van der Waals surface area contributed by atoms with Crippen molar-refractivity contribution in [3.8, 4) is 0 Å². The first-order chi connectivity index (χ1) is 12.0. The van der Waals surface area contributed by atoms with Crippen LogP contribution in [0.4, 0.5) is 5.69 Å². The molecule has 1 heterocycles. The van der Waals surface area contributed by atoms with E-state index in [-0.39, 0.29) is 17.9 Å². The molecule has 0 spiro atoms. The molecule has 1 amide bonds. The van der Waals surface area contributed by atoms with Crippen molar-refractivity contribution in [3.05, 3.63) is 70.3 Å². The molecule has 0 bridgehead atoms. The van der Waals surface area contributed by atoms with Gasteiger partial charge in [-0.3, -0.25) is 9.59 Å². The number of H-pyrrole nitrogens is 1. The van der Waals surface area contributed by atoms with Gasteiger partial charge < -0.3 is 10.3 Å². The number of carbonyl (C=O) groups excluding carboxylic acids is 1. The number of aromatic nitrogens is 2. The van der Waals surface area contributed by atoms with E-state index in [2.05, 4.69) is 29.1 Å². The van der Waals surface area contributed by atoms with Crippen molar-refractivity contribution >= 4 is 22.5 Å². The second-order valence-electron chi connectivity index (χ2n) is 6.35. The third-order valence-electron chi connectivity index (χ3n) is 4.11. The number of nitrogens with one attached hydrogen (secondary N) is 2. The number of hydrogen-bond donors (Lipinski definition) is 2. The van der Waals surface area contributed by atoms with Crippen molar-refractivity contribution in [3.63, 3.8) is 0 Å². The van der Waals surface area contributed by atoms with E-state index in [1.54, 1.807) is 18.2 Å². The SMILES string of the molecule is CC(C)c1ccc(NC(=O)CCc2nc3ccccc3c(=O)[nH]2)cc1. The standard InChI is InChI=1S/C20H21N3O2/c1-13(2)14-7-9-15(10-8-14)21-19(24)12-11-18-22-17-6-4-3-5-16(17)20(25)23-18/h3-10,13H,11-12H2,1-2H3,(H,21,24)(H,22,23,25). The highest BCUT2D eigenvalue weighted by Crippen LogP contribution is 2.17. The number of benzene rings is 2. The van der Waals surface area contributed by atoms with Crippen molar-refractivity contribution in [2.24, 2.45) is 0 Å². The van der Waals surface area contributed by atoms with Crippen molar-refractivity contribution in [2.75, 3.05) is 5.32 Å². The molecule has 0 aliphatic rings. The zero-order valence-electron chi connectivity index (χ0n) is 14.4. The molecule has 0 unspecified atom stereocenters. The van der Waals surface area contributed by atoms with Crippen LogP contribution in [0, 0.1) is 0 Å². The first-order valence-electron chi connectivity index (χ1n) is 8.40. The average molecular weight is 335 g/mol. The second-order valence-corrected chi connectivity index (χ2v) is 6.35. The van der Waals surface area contributed by atoms with E-state index < -0.39 is 0 Å². The predicted octanol–water partition coefficient (Wildman–Crippen LogP) is 3.62. The minimum Gasteiger partial charge on any atom is -0.326 e. The lowest BCUT2D eigenvalue weighted by atomic mass is 10.0. The molecular formula is C20H21N3O2. The number of carbonyl (C=O) groups is 1. The Hall–Kier alpha value is -2.95. The summed E-state index contributed by atoms with van der Waals surface area (Å²) in [6.45, 7) is 4.26. The molecule has 0 atom stereocenters. The zero-order chi connectivity index (χ0) is 17.8. The van der Waals surface area contributed by atoms with Gasteiger partial charge in [0.2, 0.25) is 5.91 Å². The molecule has 0 radical (unpaired) electrons. The highest BCUT2D eigenvalue weighted by molar-refractivity contribution is 5.90. The lowest BCUT2D eigenvalue weighted by Crippen LogP contribution is -2.16. The monoisotopic (exact) mass is 335 g/mol. The van der Waals surface area contributed by atoms with Crippen molar-refractivity contribution in [1.82, 2.24) is 9.97 Å². The van der Waals surface area contributed by atoms with Gasteiger partial charge >= 0.3 is 0 Å². The number of nitrogens with zero attached hydrogens (tertiary/aromatic N) is 1. The summed E-state index contributed by atoms with van der Waals surface area (Å²) in [6, 6.07) is 15.0. The van der Waals surface area contributed by atoms with Crippen LogP contribution in [0.25, 0.3) is 10.9 Å². The summed E-state index contributed by atoms with van der Waals surface area (Å²) in [5.41, 5.74) is 2.47. The van der Waals surface area contributed by atoms with E-state index in [0.29, 0.717) is 29.1 Å². The molecule has 1 aromatic heterocycles. The molecule has 0 saturated carbocycles. The molecule has 2 aromatic carbocycles. The van der Waals surface area contributed by atoms with Crippen LogP contribution in [0.5, 0.6) is 0 Å². The Labute approximate surface area is 146 Å². The normalized spacial score (nSPS) is 11.0. The van der Waals surface area contributed by atoms with Gasteiger partial charge in [0, 0.05) is 18.5 Å². The smallest absolute Gasteiger partial charge is 0.258 e. The van der Waals surface area contributed by atoms with Crippen molar-refractivity contribution in [2.45, 2.75) is 32.6 Å². The third-order valence-corrected chi connectivity index (χ3v) is 4.11. The lowest BCUT2D eigenvalue weighted by Gasteiger charge is -2.08. The minimum atomic E-state index is -0.176. The molecule has 25 heavy (non-hydrogen) atoms. The highest BCUT2D eigenvalue weighted by Gasteiger charge is 2.07. The van der Waals surface area contributed by atoms with Crippen molar-refractivity contribution in [1.29, 1.82) is 0 Å². The average Bonchev–Trinajstić information content (AvgIpc) is 2.60. The maximum Gasteiger partial charge on any atom is 0.258 e. The van der Waals surface area contributed by atoms with Crippen LogP contribution in [0.1, 0.15) is 37.6 Å². The summed E-state index contributed by atoms with van der Waals surface area (Å²) >= 11 is 0. The summed E-state index contributed by atoms with van der Waals surface area (Å²) in [5, 5.41) is 3.43. The molecule has 0 fully saturated rings. The van der Waals surface area contributed by atoms with Gasteiger partial charge in [0.25, 0.3) is 5.56 Å². The molecule has 5 nitrogen and oxygen atoms in total. The Bertz CT molecular complexity index is 943. The summed E-state index contributed by atoms with van der Waals surface area (Å²) in [4.78, 5) is 31.3. The highest BCUT2D eigenvalue weighted by atomic mass is 16.1. The Kier molecular flexibility index (Phi) is 4.93. The number of anilines is 1. The zero-order valence-corrected chi connectivity index (χ0v) is 14.4. The Morgan fingerprint density at radius 3 is 2.56 bits per heavy atom. The number of aromatic amines is 1. The van der Waals surface area contributed by atoms with Gasteiger partial charge in [-0.1, -0.05) is 38.1 Å². The fourth-order valence-electron chi connectivity index (χ4n) is 2.66. The molecule has 2 N–H and O–H groups in total. The number of para-hydroxylation sites is 1. The van der Waals surface area contributed by atoms with Crippen LogP contribution in [0.2, 0.25) is 0 Å². The van der Waals surface area contributed by atoms with Crippen LogP contribution < -0.4 is 10.9 Å². The molecule has 5 heteroatoms. The fraction of sp³-hybridized carbons (Fsp3) is 0.250. The molecule has 0 saturated heterocycles. The van der Waals surface area contributed by atoms with Gasteiger partial charge in [-0.15, -0.1) is 0 Å². The fourth-order valence-corrected chi connectivity index (χ4v) is 2.66. The van der Waals surface area contributed by atoms with Gasteiger partial charge in [-0.25, -0.2) is 4.98 Å². The van der Waals surface area contributed by atoms with Gasteiger partial charge in [-0.2, -0.15) is 0 Å². The Morgan fingerprint density at radius 1 is 1.12 bits per heavy atom. The van der Waals surface area contributed by atoms with E-state index in [1.807, 2.05) is 30.3 Å². The molecule has 3 rings (SSSR count). The largest absolute Gasteiger partial charge is 0.326 e. The van der Waals surface area contributed by atoms with Gasteiger partial charge in [-0.05, 0) is 35.7 Å². The van der Waals surface area contributed by atoms with E-state index in [9.17, 15) is 9.59 Å². The molecule has 3 aromatic rings. The van der Waals surface area contributed by atoms with Gasteiger partial charge in [0.15, 0.2) is 0 Å². The first-order valence-corrected chi connectivity index (χ1v) is 8.40. The van der Waals surface area contributed by atoms with Gasteiger partial charge in [0.05, 0.1) is 10.9 Å². The van der Waals surface area contributed by atoms with Crippen LogP contribution in [0.3, 0.4) is 0 Å². The maximum absolute atomic E-state index is 12.1. The van der Waals surface area contributed by atoms with Crippen LogP contribution in [-0.4, -0.2) is 15.9 Å². The molecule has 0 aliphatic heterocycles. The topological polar surface area (TPSA) is 74.8 Å². The quantitative estimate of drug-likeness (QED) is 0.748. The Balaban J connectivity index is 1.63. The van der Waals surface area contributed by atoms with E-state index in [4.69, 9.17) is 0 Å². The predicted molar refractivity (Wildman–Crippen MR) is 99.8 cm³/mol. The van der Waals surface area contributed by atoms with Crippen LogP contribution >= 0.6 is 0 Å². The summed E-state index contributed by atoms with van der Waals surface area (Å²) < 4.78 is 0. The van der Waals surface area contributed by atoms with Crippen molar-refractivity contribution < 1.29 is 4.79 Å². The van der Waals surface area contributed by atoms with E-state index in [1.165, 1.54) is 5.56 Å². The third kappa shape index (κ3) is 4.12. The summed E-state index contributed by atoms with van der Waals surface area (Å²) in [6.07, 6.45) is 0.642. The first kappa shape index (κ1) is 16.9. The molecule has 0 aliphatic carbocycles. The number of amides is 1. The number of hydrogen-bond acceptors (Lipinski definition) is 3. The van der Waals surface area contributed by atoms with Gasteiger partial charge in [0.1, 0.15) is 5.82 Å². The second kappa shape index (κ2) is 7.30.